The van der Waals surface area contributed by atoms with Crippen molar-refractivity contribution >= 4 is 23.3 Å². The number of carbonyl (C=O) groups is 1. The maximum atomic E-state index is 11.9. The number of anilines is 2. The second-order valence-corrected chi connectivity index (χ2v) is 6.69. The van der Waals surface area contributed by atoms with E-state index in [1.165, 1.54) is 6.33 Å². The third-order valence-corrected chi connectivity index (χ3v) is 5.04. The number of rotatable bonds is 5. The number of nitro groups is 1. The summed E-state index contributed by atoms with van der Waals surface area (Å²) in [4.78, 5) is 35.6. The summed E-state index contributed by atoms with van der Waals surface area (Å²) in [5.74, 6) is 0.437. The third-order valence-electron chi connectivity index (χ3n) is 5.04. The van der Waals surface area contributed by atoms with Gasteiger partial charge in [-0.2, -0.15) is 0 Å². The second kappa shape index (κ2) is 8.29. The molecule has 9 nitrogen and oxygen atoms in total. The van der Waals surface area contributed by atoms with Crippen molar-refractivity contribution in [3.63, 3.8) is 0 Å². The SMILES string of the molecule is CCOC(=O)C1CCN(c2ncnc(N3CCCCC3)c2[N+](=O)[O-])CC1. The summed E-state index contributed by atoms with van der Waals surface area (Å²) in [5, 5.41) is 11.8. The highest BCUT2D eigenvalue weighted by atomic mass is 16.6. The topological polar surface area (TPSA) is 102 Å². The van der Waals surface area contributed by atoms with Crippen LogP contribution >= 0.6 is 0 Å². The third kappa shape index (κ3) is 3.86. The van der Waals surface area contributed by atoms with Crippen molar-refractivity contribution in [2.45, 2.75) is 39.0 Å². The Morgan fingerprint density at radius 2 is 1.73 bits per heavy atom. The van der Waals surface area contributed by atoms with Gasteiger partial charge in [0.1, 0.15) is 6.33 Å². The molecule has 1 aromatic heterocycles. The highest BCUT2D eigenvalue weighted by Crippen LogP contribution is 2.36. The molecule has 0 spiro atoms. The van der Waals surface area contributed by atoms with E-state index in [4.69, 9.17) is 4.74 Å². The van der Waals surface area contributed by atoms with Crippen LogP contribution in [0, 0.1) is 16.0 Å². The largest absolute Gasteiger partial charge is 0.466 e. The van der Waals surface area contributed by atoms with Gasteiger partial charge in [0.2, 0.25) is 11.6 Å². The quantitative estimate of drug-likeness (QED) is 0.445. The number of esters is 1. The molecular weight excluding hydrogens is 338 g/mol. The van der Waals surface area contributed by atoms with E-state index in [2.05, 4.69) is 9.97 Å². The van der Waals surface area contributed by atoms with Gasteiger partial charge >= 0.3 is 11.7 Å². The molecule has 2 aliphatic rings. The molecule has 2 aliphatic heterocycles. The molecule has 2 fully saturated rings. The molecule has 0 atom stereocenters. The van der Waals surface area contributed by atoms with E-state index in [0.717, 1.165) is 32.4 Å². The maximum absolute atomic E-state index is 11.9. The van der Waals surface area contributed by atoms with Crippen LogP contribution in [0.15, 0.2) is 6.33 Å². The van der Waals surface area contributed by atoms with Crippen LogP contribution < -0.4 is 9.80 Å². The van der Waals surface area contributed by atoms with Gasteiger partial charge in [-0.3, -0.25) is 14.9 Å². The summed E-state index contributed by atoms with van der Waals surface area (Å²) >= 11 is 0. The highest BCUT2D eigenvalue weighted by molar-refractivity contribution is 5.74. The Labute approximate surface area is 152 Å². The zero-order valence-electron chi connectivity index (χ0n) is 15.1. The molecule has 0 radical (unpaired) electrons. The summed E-state index contributed by atoms with van der Waals surface area (Å²) in [5.41, 5.74) is -0.0241. The first-order valence-corrected chi connectivity index (χ1v) is 9.27. The highest BCUT2D eigenvalue weighted by Gasteiger charge is 2.33. The van der Waals surface area contributed by atoms with Crippen molar-refractivity contribution in [2.24, 2.45) is 5.92 Å². The van der Waals surface area contributed by atoms with Gasteiger partial charge < -0.3 is 14.5 Å². The lowest BCUT2D eigenvalue weighted by Gasteiger charge is -2.32. The van der Waals surface area contributed by atoms with E-state index < -0.39 is 0 Å². The Balaban J connectivity index is 1.80. The molecule has 142 valence electrons. The van der Waals surface area contributed by atoms with E-state index in [0.29, 0.717) is 44.2 Å². The molecule has 3 heterocycles. The molecule has 0 saturated carbocycles. The first-order chi connectivity index (χ1) is 12.6. The average Bonchev–Trinajstić information content (AvgIpc) is 2.68. The summed E-state index contributed by atoms with van der Waals surface area (Å²) in [6.45, 7) is 4.81. The molecule has 0 bridgehead atoms. The first-order valence-electron chi connectivity index (χ1n) is 9.27. The molecule has 26 heavy (non-hydrogen) atoms. The zero-order valence-corrected chi connectivity index (χ0v) is 15.1. The van der Waals surface area contributed by atoms with Crippen LogP contribution in [0.2, 0.25) is 0 Å². The predicted octanol–water partition coefficient (Wildman–Crippen LogP) is 2.15. The van der Waals surface area contributed by atoms with Crippen molar-refractivity contribution < 1.29 is 14.5 Å². The minimum atomic E-state index is -0.378. The lowest BCUT2D eigenvalue weighted by molar-refractivity contribution is -0.383. The molecule has 0 aliphatic carbocycles. The number of piperidine rings is 2. The minimum absolute atomic E-state index is 0.0241. The van der Waals surface area contributed by atoms with E-state index in [9.17, 15) is 14.9 Å². The van der Waals surface area contributed by atoms with Crippen molar-refractivity contribution in [1.29, 1.82) is 0 Å². The Morgan fingerprint density at radius 3 is 2.27 bits per heavy atom. The second-order valence-electron chi connectivity index (χ2n) is 6.69. The smallest absolute Gasteiger partial charge is 0.353 e. The van der Waals surface area contributed by atoms with Crippen molar-refractivity contribution in [2.75, 3.05) is 42.6 Å². The molecule has 0 N–H and O–H groups in total. The number of aromatic nitrogens is 2. The maximum Gasteiger partial charge on any atom is 0.353 e. The van der Waals surface area contributed by atoms with Crippen LogP contribution in [0.1, 0.15) is 39.0 Å². The van der Waals surface area contributed by atoms with Crippen LogP contribution in [0.25, 0.3) is 0 Å². The van der Waals surface area contributed by atoms with E-state index in [-0.39, 0.29) is 22.5 Å². The fraction of sp³-hybridized carbons (Fsp3) is 0.706. The number of hydrogen-bond acceptors (Lipinski definition) is 8. The molecule has 3 rings (SSSR count). The normalized spacial score (nSPS) is 18.7. The number of ether oxygens (including phenoxy) is 1. The van der Waals surface area contributed by atoms with Gasteiger partial charge in [0.15, 0.2) is 0 Å². The molecule has 0 amide bonds. The summed E-state index contributed by atoms with van der Waals surface area (Å²) in [6.07, 6.45) is 5.80. The first kappa shape index (κ1) is 18.3. The van der Waals surface area contributed by atoms with E-state index >= 15 is 0 Å². The molecule has 0 unspecified atom stereocenters. The lowest BCUT2D eigenvalue weighted by atomic mass is 9.97. The summed E-state index contributed by atoms with van der Waals surface area (Å²) in [7, 11) is 0. The molecule has 0 aromatic carbocycles. The van der Waals surface area contributed by atoms with E-state index in [1.54, 1.807) is 6.92 Å². The zero-order chi connectivity index (χ0) is 18.5. The van der Waals surface area contributed by atoms with Gasteiger partial charge in [0.05, 0.1) is 17.4 Å². The number of hydrogen-bond donors (Lipinski definition) is 0. The standard InChI is InChI=1S/C17H25N5O4/c1-2-26-17(23)13-6-10-21(11-7-13)16-14(22(24)25)15(18-12-19-16)20-8-4-3-5-9-20/h12-13H,2-11H2,1H3. The Kier molecular flexibility index (Phi) is 5.85. The fourth-order valence-corrected chi connectivity index (χ4v) is 3.68. The minimum Gasteiger partial charge on any atom is -0.466 e. The number of nitrogens with zero attached hydrogens (tertiary/aromatic N) is 5. The van der Waals surface area contributed by atoms with Crippen LogP contribution in [-0.4, -0.2) is 53.6 Å². The Morgan fingerprint density at radius 1 is 1.15 bits per heavy atom. The molecule has 1 aromatic rings. The van der Waals surface area contributed by atoms with Gasteiger partial charge in [0.25, 0.3) is 0 Å². The van der Waals surface area contributed by atoms with Crippen molar-refractivity contribution in [3.8, 4) is 0 Å². The Bertz CT molecular complexity index is 655. The van der Waals surface area contributed by atoms with Crippen LogP contribution in [0.3, 0.4) is 0 Å². The van der Waals surface area contributed by atoms with Crippen LogP contribution in [0.5, 0.6) is 0 Å². The Hall–Kier alpha value is -2.45. The van der Waals surface area contributed by atoms with Gasteiger partial charge in [-0.15, -0.1) is 0 Å². The monoisotopic (exact) mass is 363 g/mol. The lowest BCUT2D eigenvalue weighted by Crippen LogP contribution is -2.38. The van der Waals surface area contributed by atoms with Crippen molar-refractivity contribution in [1.82, 2.24) is 9.97 Å². The van der Waals surface area contributed by atoms with Crippen LogP contribution in [0.4, 0.5) is 17.3 Å². The summed E-state index contributed by atoms with van der Waals surface area (Å²) in [6, 6.07) is 0. The molecule has 9 heteroatoms. The predicted molar refractivity (Wildman–Crippen MR) is 96.3 cm³/mol. The molecular formula is C17H25N5O4. The summed E-state index contributed by atoms with van der Waals surface area (Å²) < 4.78 is 5.08. The fourth-order valence-electron chi connectivity index (χ4n) is 3.68. The van der Waals surface area contributed by atoms with Gasteiger partial charge in [-0.25, -0.2) is 9.97 Å². The van der Waals surface area contributed by atoms with E-state index in [1.807, 2.05) is 9.80 Å². The number of carbonyl (C=O) groups excluding carboxylic acids is 1. The molecule has 2 saturated heterocycles. The van der Waals surface area contributed by atoms with Gasteiger partial charge in [-0.1, -0.05) is 0 Å². The van der Waals surface area contributed by atoms with Crippen LogP contribution in [-0.2, 0) is 9.53 Å². The van der Waals surface area contributed by atoms with Gasteiger partial charge in [0, 0.05) is 26.2 Å². The average molecular weight is 363 g/mol. The van der Waals surface area contributed by atoms with Gasteiger partial charge in [-0.05, 0) is 39.0 Å². The van der Waals surface area contributed by atoms with Crippen molar-refractivity contribution in [3.05, 3.63) is 16.4 Å².